The molecule has 5 nitrogen and oxygen atoms in total. The standard InChI is InChI=1S/C20H34O5/c1-2-3-9-13-18(22)19(23)16-15-17(21)12-10-7-5-4-6-8-11-14-20(24)25/h4,6-7,10,15-19,21-23H,2-3,5,8-9,11-14H2,1H3,(H,24,25). The highest BCUT2D eigenvalue weighted by Crippen LogP contribution is 2.08. The highest BCUT2D eigenvalue weighted by molar-refractivity contribution is 5.66. The molecule has 0 amide bonds. The van der Waals surface area contributed by atoms with E-state index in [-0.39, 0.29) is 6.42 Å². The number of carboxylic acids is 1. The van der Waals surface area contributed by atoms with Crippen molar-refractivity contribution in [3.63, 3.8) is 0 Å². The highest BCUT2D eigenvalue weighted by Gasteiger charge is 2.12. The Bertz CT molecular complexity index is 414. The molecule has 0 rings (SSSR count). The molecule has 0 aromatic rings. The Morgan fingerprint density at radius 2 is 1.68 bits per heavy atom. The maximum absolute atomic E-state index is 10.3. The summed E-state index contributed by atoms with van der Waals surface area (Å²) in [6.45, 7) is 2.09. The molecule has 0 saturated heterocycles. The molecule has 25 heavy (non-hydrogen) atoms. The SMILES string of the molecule is CCCCCC(O)C(O)C=CC(O)CC=CCC=CCCCC(=O)O. The molecule has 0 bridgehead atoms. The minimum absolute atomic E-state index is 0.192. The number of rotatable bonds is 15. The van der Waals surface area contributed by atoms with Crippen molar-refractivity contribution in [1.82, 2.24) is 0 Å². The van der Waals surface area contributed by atoms with Crippen molar-refractivity contribution in [2.75, 3.05) is 0 Å². The first-order valence-corrected chi connectivity index (χ1v) is 9.21. The van der Waals surface area contributed by atoms with Gasteiger partial charge in [0.2, 0.25) is 0 Å². The summed E-state index contributed by atoms with van der Waals surface area (Å²) in [5, 5.41) is 37.9. The van der Waals surface area contributed by atoms with E-state index in [1.54, 1.807) is 0 Å². The second kappa shape index (κ2) is 16.1. The van der Waals surface area contributed by atoms with Crippen LogP contribution in [0.4, 0.5) is 0 Å². The van der Waals surface area contributed by atoms with Crippen LogP contribution in [0.15, 0.2) is 36.5 Å². The second-order valence-electron chi connectivity index (χ2n) is 6.21. The van der Waals surface area contributed by atoms with Gasteiger partial charge < -0.3 is 20.4 Å². The molecule has 0 spiro atoms. The minimum Gasteiger partial charge on any atom is -0.481 e. The molecule has 0 aliphatic carbocycles. The van der Waals surface area contributed by atoms with E-state index in [1.807, 2.05) is 24.3 Å². The van der Waals surface area contributed by atoms with Gasteiger partial charge in [0, 0.05) is 6.42 Å². The predicted octanol–water partition coefficient (Wildman–Crippen LogP) is 3.35. The summed E-state index contributed by atoms with van der Waals surface area (Å²) in [6, 6.07) is 0. The van der Waals surface area contributed by atoms with Crippen molar-refractivity contribution in [1.29, 1.82) is 0 Å². The Hall–Kier alpha value is -1.43. The molecular formula is C20H34O5. The quantitative estimate of drug-likeness (QED) is 0.267. The average Bonchev–Trinajstić information content (AvgIpc) is 2.57. The molecule has 0 saturated carbocycles. The van der Waals surface area contributed by atoms with Crippen LogP contribution in [-0.2, 0) is 4.79 Å². The molecule has 3 unspecified atom stereocenters. The van der Waals surface area contributed by atoms with Gasteiger partial charge in [-0.25, -0.2) is 0 Å². The minimum atomic E-state index is -0.941. The summed E-state index contributed by atoms with van der Waals surface area (Å²) >= 11 is 0. The zero-order valence-corrected chi connectivity index (χ0v) is 15.3. The first kappa shape index (κ1) is 23.6. The van der Waals surface area contributed by atoms with Crippen LogP contribution in [0.5, 0.6) is 0 Å². The monoisotopic (exact) mass is 354 g/mol. The molecule has 0 aliphatic rings. The first-order chi connectivity index (χ1) is 12.0. The Labute approximate surface area is 151 Å². The topological polar surface area (TPSA) is 98.0 Å². The maximum atomic E-state index is 10.3. The summed E-state index contributed by atoms with van der Waals surface area (Å²) in [6.07, 6.45) is 14.6. The maximum Gasteiger partial charge on any atom is 0.303 e. The van der Waals surface area contributed by atoms with E-state index < -0.39 is 24.3 Å². The molecule has 5 heteroatoms. The number of aliphatic carboxylic acids is 1. The van der Waals surface area contributed by atoms with Crippen LogP contribution in [0.1, 0.15) is 64.7 Å². The number of carbonyl (C=O) groups is 1. The zero-order chi connectivity index (χ0) is 18.9. The van der Waals surface area contributed by atoms with Gasteiger partial charge in [0.25, 0.3) is 0 Å². The van der Waals surface area contributed by atoms with E-state index >= 15 is 0 Å². The van der Waals surface area contributed by atoms with E-state index in [0.717, 1.165) is 32.1 Å². The number of carboxylic acid groups (broad SMARTS) is 1. The molecule has 0 heterocycles. The van der Waals surface area contributed by atoms with Crippen LogP contribution < -0.4 is 0 Å². The summed E-state index contributed by atoms with van der Waals surface area (Å²) in [7, 11) is 0. The number of aliphatic hydroxyl groups excluding tert-OH is 3. The second-order valence-corrected chi connectivity index (χ2v) is 6.21. The zero-order valence-electron chi connectivity index (χ0n) is 15.3. The van der Waals surface area contributed by atoms with Crippen LogP contribution in [0.2, 0.25) is 0 Å². The summed E-state index contributed by atoms with van der Waals surface area (Å²) < 4.78 is 0. The predicted molar refractivity (Wildman–Crippen MR) is 100 cm³/mol. The Morgan fingerprint density at radius 3 is 2.36 bits per heavy atom. The Morgan fingerprint density at radius 1 is 0.960 bits per heavy atom. The molecule has 4 N–H and O–H groups in total. The lowest BCUT2D eigenvalue weighted by Crippen LogP contribution is -2.24. The number of aliphatic hydroxyl groups is 3. The molecule has 0 aromatic carbocycles. The third kappa shape index (κ3) is 15.8. The van der Waals surface area contributed by atoms with Crippen LogP contribution in [-0.4, -0.2) is 44.7 Å². The van der Waals surface area contributed by atoms with Crippen LogP contribution in [0.25, 0.3) is 0 Å². The fourth-order valence-electron chi connectivity index (χ4n) is 2.22. The molecule has 0 aliphatic heterocycles. The van der Waals surface area contributed by atoms with Gasteiger partial charge in [0.05, 0.1) is 18.3 Å². The van der Waals surface area contributed by atoms with Crippen molar-refractivity contribution in [2.45, 2.75) is 83.0 Å². The van der Waals surface area contributed by atoms with Crippen molar-refractivity contribution in [3.05, 3.63) is 36.5 Å². The highest BCUT2D eigenvalue weighted by atomic mass is 16.4. The van der Waals surface area contributed by atoms with Gasteiger partial charge in [-0.2, -0.15) is 0 Å². The summed E-state index contributed by atoms with van der Waals surface area (Å²) in [5.74, 6) is -0.770. The van der Waals surface area contributed by atoms with E-state index in [4.69, 9.17) is 5.11 Å². The van der Waals surface area contributed by atoms with E-state index in [2.05, 4.69) is 6.92 Å². The number of unbranched alkanes of at least 4 members (excludes halogenated alkanes) is 3. The Balaban J connectivity index is 3.84. The van der Waals surface area contributed by atoms with Crippen molar-refractivity contribution >= 4 is 5.97 Å². The van der Waals surface area contributed by atoms with E-state index in [1.165, 1.54) is 12.2 Å². The van der Waals surface area contributed by atoms with Gasteiger partial charge in [0.1, 0.15) is 0 Å². The third-order valence-corrected chi connectivity index (χ3v) is 3.77. The first-order valence-electron chi connectivity index (χ1n) is 9.21. The van der Waals surface area contributed by atoms with Crippen molar-refractivity contribution in [2.24, 2.45) is 0 Å². The van der Waals surface area contributed by atoms with Gasteiger partial charge in [0.15, 0.2) is 0 Å². The lowest BCUT2D eigenvalue weighted by molar-refractivity contribution is -0.137. The van der Waals surface area contributed by atoms with E-state index in [9.17, 15) is 20.1 Å². The van der Waals surface area contributed by atoms with Gasteiger partial charge in [-0.05, 0) is 32.1 Å². The molecule has 144 valence electrons. The molecular weight excluding hydrogens is 320 g/mol. The lowest BCUT2D eigenvalue weighted by Gasteiger charge is -2.14. The fourth-order valence-corrected chi connectivity index (χ4v) is 2.22. The number of hydrogen-bond donors (Lipinski definition) is 4. The van der Waals surface area contributed by atoms with Crippen molar-refractivity contribution < 1.29 is 25.2 Å². The summed E-state index contributed by atoms with van der Waals surface area (Å²) in [4.78, 5) is 10.3. The molecule has 0 aromatic heterocycles. The van der Waals surface area contributed by atoms with Gasteiger partial charge in [-0.1, -0.05) is 62.6 Å². The normalized spacial score (nSPS) is 16.0. The molecule has 3 atom stereocenters. The van der Waals surface area contributed by atoms with Crippen LogP contribution >= 0.6 is 0 Å². The van der Waals surface area contributed by atoms with Crippen LogP contribution in [0, 0.1) is 0 Å². The summed E-state index contributed by atoms with van der Waals surface area (Å²) in [5.41, 5.74) is 0. The fraction of sp³-hybridized carbons (Fsp3) is 0.650. The van der Waals surface area contributed by atoms with Crippen LogP contribution in [0.3, 0.4) is 0 Å². The number of allylic oxidation sites excluding steroid dienone is 3. The van der Waals surface area contributed by atoms with E-state index in [0.29, 0.717) is 19.3 Å². The molecule has 0 fully saturated rings. The van der Waals surface area contributed by atoms with Gasteiger partial charge in [-0.3, -0.25) is 4.79 Å². The average molecular weight is 354 g/mol. The Kier molecular flexibility index (Phi) is 15.1. The van der Waals surface area contributed by atoms with Gasteiger partial charge >= 0.3 is 5.97 Å². The molecule has 0 radical (unpaired) electrons. The van der Waals surface area contributed by atoms with Gasteiger partial charge in [-0.15, -0.1) is 0 Å². The van der Waals surface area contributed by atoms with Crippen molar-refractivity contribution in [3.8, 4) is 0 Å². The lowest BCUT2D eigenvalue weighted by atomic mass is 10.0. The third-order valence-electron chi connectivity index (χ3n) is 3.77. The largest absolute Gasteiger partial charge is 0.481 e. The smallest absolute Gasteiger partial charge is 0.303 e. The number of hydrogen-bond acceptors (Lipinski definition) is 4.